The zero-order valence-electron chi connectivity index (χ0n) is 17.9. The van der Waals surface area contributed by atoms with Gasteiger partial charge in [0.25, 0.3) is 11.8 Å². The van der Waals surface area contributed by atoms with Gasteiger partial charge in [0.1, 0.15) is 6.54 Å². The van der Waals surface area contributed by atoms with E-state index >= 15 is 0 Å². The number of anilines is 2. The molecule has 10 nitrogen and oxygen atoms in total. The number of nitrogens with one attached hydrogen (secondary N) is 1. The summed E-state index contributed by atoms with van der Waals surface area (Å²) in [7, 11) is 2.96. The van der Waals surface area contributed by atoms with Crippen LogP contribution in [0.4, 0.5) is 11.4 Å². The van der Waals surface area contributed by atoms with Crippen LogP contribution >= 0.6 is 0 Å². The summed E-state index contributed by atoms with van der Waals surface area (Å²) < 4.78 is 10.5. The Labute approximate surface area is 184 Å². The number of fused-ring (bicyclic) bond motifs is 1. The number of methoxy groups -OCH3 is 2. The Hall–Kier alpha value is -3.95. The zero-order valence-corrected chi connectivity index (χ0v) is 17.9. The summed E-state index contributed by atoms with van der Waals surface area (Å²) in [5.74, 6) is -0.500. The molecule has 1 fully saturated rings. The lowest BCUT2D eigenvalue weighted by atomic mass is 10.1. The van der Waals surface area contributed by atoms with Gasteiger partial charge >= 0.3 is 0 Å². The Balaban J connectivity index is 1.51. The normalized spacial score (nSPS) is 19.3. The predicted octanol–water partition coefficient (Wildman–Crippen LogP) is 2.20. The highest BCUT2D eigenvalue weighted by atomic mass is 16.5. The monoisotopic (exact) mass is 437 g/mol. The second-order valence-corrected chi connectivity index (χ2v) is 7.30. The Kier molecular flexibility index (Phi) is 5.76. The highest BCUT2D eigenvalue weighted by Gasteiger charge is 2.55. The quantitative estimate of drug-likeness (QED) is 0.665. The number of amides is 3. The maximum Gasteiger partial charge on any atom is 0.263 e. The van der Waals surface area contributed by atoms with Crippen molar-refractivity contribution in [2.75, 3.05) is 31.0 Å². The van der Waals surface area contributed by atoms with Gasteiger partial charge < -0.3 is 14.8 Å². The van der Waals surface area contributed by atoms with Gasteiger partial charge in [-0.05, 0) is 30.2 Å². The van der Waals surface area contributed by atoms with Gasteiger partial charge in [0, 0.05) is 11.8 Å². The van der Waals surface area contributed by atoms with Crippen molar-refractivity contribution in [1.29, 1.82) is 0 Å². The van der Waals surface area contributed by atoms with Crippen LogP contribution in [0.3, 0.4) is 0 Å². The smallest absolute Gasteiger partial charge is 0.263 e. The molecule has 3 amide bonds. The third-order valence-electron chi connectivity index (χ3n) is 5.46. The van der Waals surface area contributed by atoms with Crippen LogP contribution in [0.1, 0.15) is 12.5 Å². The standard InChI is InChI=1S/C22H23N5O5/c1-4-13-7-5-6-8-15(13)23-18(28)12-26-20-19(24-25-26)21(29)27(22(20)30)14-9-10-16(31-2)17(11-14)32-3/h5-11,19-20H,4,12H2,1-3H3,(H,23,28)/t19-,20+/m1/s1. The number of benzene rings is 2. The van der Waals surface area contributed by atoms with Crippen LogP contribution in [-0.4, -0.2) is 55.6 Å². The van der Waals surface area contributed by atoms with Crippen molar-refractivity contribution in [3.8, 4) is 11.5 Å². The average Bonchev–Trinajstić information content (AvgIpc) is 3.32. The van der Waals surface area contributed by atoms with Crippen molar-refractivity contribution in [3.05, 3.63) is 48.0 Å². The van der Waals surface area contributed by atoms with Crippen LogP contribution in [0, 0.1) is 0 Å². The van der Waals surface area contributed by atoms with E-state index in [1.807, 2.05) is 31.2 Å². The first kappa shape index (κ1) is 21.3. The molecule has 0 radical (unpaired) electrons. The molecule has 1 N–H and O–H groups in total. The first-order valence-electron chi connectivity index (χ1n) is 10.1. The number of para-hydroxylation sites is 1. The van der Waals surface area contributed by atoms with E-state index in [0.717, 1.165) is 16.9 Å². The summed E-state index contributed by atoms with van der Waals surface area (Å²) >= 11 is 0. The fourth-order valence-electron chi connectivity index (χ4n) is 3.86. The summed E-state index contributed by atoms with van der Waals surface area (Å²) in [5, 5.41) is 12.0. The van der Waals surface area contributed by atoms with Crippen molar-refractivity contribution in [3.63, 3.8) is 0 Å². The molecule has 2 aliphatic heterocycles. The van der Waals surface area contributed by atoms with Crippen LogP contribution in [0.15, 0.2) is 52.8 Å². The third-order valence-corrected chi connectivity index (χ3v) is 5.46. The van der Waals surface area contributed by atoms with Gasteiger partial charge in [-0.25, -0.2) is 4.90 Å². The van der Waals surface area contributed by atoms with Gasteiger partial charge in [0.15, 0.2) is 23.6 Å². The highest BCUT2D eigenvalue weighted by molar-refractivity contribution is 6.25. The molecule has 2 aromatic carbocycles. The van der Waals surface area contributed by atoms with E-state index in [1.165, 1.54) is 19.2 Å². The fourth-order valence-corrected chi connectivity index (χ4v) is 3.86. The number of rotatable bonds is 7. The van der Waals surface area contributed by atoms with E-state index in [-0.39, 0.29) is 12.5 Å². The van der Waals surface area contributed by atoms with Crippen LogP contribution in [-0.2, 0) is 20.8 Å². The van der Waals surface area contributed by atoms with Crippen molar-refractivity contribution in [2.24, 2.45) is 10.3 Å². The molecule has 166 valence electrons. The van der Waals surface area contributed by atoms with E-state index in [4.69, 9.17) is 9.47 Å². The molecule has 2 heterocycles. The number of hydrogen-bond acceptors (Lipinski definition) is 8. The second-order valence-electron chi connectivity index (χ2n) is 7.30. The summed E-state index contributed by atoms with van der Waals surface area (Å²) in [6, 6.07) is 10.3. The fraction of sp³-hybridized carbons (Fsp3) is 0.318. The number of hydrogen-bond donors (Lipinski definition) is 1. The highest BCUT2D eigenvalue weighted by Crippen LogP contribution is 2.36. The Bertz CT molecular complexity index is 1100. The topological polar surface area (TPSA) is 113 Å². The number of nitrogens with zero attached hydrogens (tertiary/aromatic N) is 4. The van der Waals surface area contributed by atoms with Crippen LogP contribution in [0.5, 0.6) is 11.5 Å². The molecule has 10 heteroatoms. The maximum atomic E-state index is 13.1. The second kappa shape index (κ2) is 8.66. The van der Waals surface area contributed by atoms with E-state index in [9.17, 15) is 14.4 Å². The van der Waals surface area contributed by atoms with Gasteiger partial charge in [-0.3, -0.25) is 19.4 Å². The summed E-state index contributed by atoms with van der Waals surface area (Å²) in [5.41, 5.74) is 2.03. The molecule has 0 aliphatic carbocycles. The largest absolute Gasteiger partial charge is 0.493 e. The molecular weight excluding hydrogens is 414 g/mol. The molecule has 0 aromatic heterocycles. The van der Waals surface area contributed by atoms with Gasteiger partial charge in [0.05, 0.1) is 19.9 Å². The molecule has 2 aliphatic rings. The molecule has 1 saturated heterocycles. The number of imide groups is 1. The van der Waals surface area contributed by atoms with Crippen molar-refractivity contribution in [2.45, 2.75) is 25.4 Å². The number of carbonyl (C=O) groups excluding carboxylic acids is 3. The van der Waals surface area contributed by atoms with Crippen molar-refractivity contribution < 1.29 is 23.9 Å². The van der Waals surface area contributed by atoms with Gasteiger partial charge in [-0.1, -0.05) is 30.3 Å². The number of ether oxygens (including phenoxy) is 2. The molecule has 0 spiro atoms. The minimum Gasteiger partial charge on any atom is -0.493 e. The minimum absolute atomic E-state index is 0.207. The Morgan fingerprint density at radius 2 is 1.81 bits per heavy atom. The van der Waals surface area contributed by atoms with E-state index in [0.29, 0.717) is 22.9 Å². The molecule has 0 bridgehead atoms. The lowest BCUT2D eigenvalue weighted by Crippen LogP contribution is -2.43. The third kappa shape index (κ3) is 3.64. The SMILES string of the molecule is CCc1ccccc1NC(=O)CN1N=N[C@H]2C(=O)N(c3ccc(OC)c(OC)c3)C(=O)[C@H]21. The molecule has 2 aromatic rings. The van der Waals surface area contributed by atoms with E-state index < -0.39 is 23.9 Å². The number of carbonyl (C=O) groups is 3. The summed E-state index contributed by atoms with van der Waals surface area (Å²) in [6.07, 6.45) is 0.762. The summed E-state index contributed by atoms with van der Waals surface area (Å²) in [6.45, 7) is 1.79. The van der Waals surface area contributed by atoms with E-state index in [2.05, 4.69) is 15.7 Å². The van der Waals surface area contributed by atoms with Gasteiger partial charge in [0.2, 0.25) is 5.91 Å². The van der Waals surface area contributed by atoms with E-state index in [1.54, 1.807) is 18.2 Å². The van der Waals surface area contributed by atoms with Crippen LogP contribution in [0.2, 0.25) is 0 Å². The molecule has 0 saturated carbocycles. The molecule has 2 atom stereocenters. The van der Waals surface area contributed by atoms with Crippen molar-refractivity contribution in [1.82, 2.24) is 5.01 Å². The number of aryl methyl sites for hydroxylation is 1. The summed E-state index contributed by atoms with van der Waals surface area (Å²) in [4.78, 5) is 39.7. The van der Waals surface area contributed by atoms with Crippen molar-refractivity contribution >= 4 is 29.1 Å². The Morgan fingerprint density at radius 3 is 2.53 bits per heavy atom. The molecular formula is C22H23N5O5. The molecule has 4 rings (SSSR count). The molecule has 0 unspecified atom stereocenters. The van der Waals surface area contributed by atoms with Gasteiger partial charge in [-0.15, -0.1) is 0 Å². The van der Waals surface area contributed by atoms with Gasteiger partial charge in [-0.2, -0.15) is 5.11 Å². The lowest BCUT2D eigenvalue weighted by Gasteiger charge is -2.21. The first-order valence-corrected chi connectivity index (χ1v) is 10.1. The average molecular weight is 437 g/mol. The minimum atomic E-state index is -0.994. The molecule has 32 heavy (non-hydrogen) atoms. The Morgan fingerprint density at radius 1 is 1.06 bits per heavy atom. The van der Waals surface area contributed by atoms with Crippen LogP contribution in [0.25, 0.3) is 0 Å². The van der Waals surface area contributed by atoms with Crippen LogP contribution < -0.4 is 19.7 Å². The first-order chi connectivity index (χ1) is 15.5. The lowest BCUT2D eigenvalue weighted by molar-refractivity contribution is -0.123. The predicted molar refractivity (Wildman–Crippen MR) is 116 cm³/mol. The maximum absolute atomic E-state index is 13.1. The zero-order chi connectivity index (χ0) is 22.8.